The molecule has 0 aromatic carbocycles. The molecule has 2 unspecified atom stereocenters. The second kappa shape index (κ2) is 5.84. The van der Waals surface area contributed by atoms with E-state index >= 15 is 0 Å². The highest BCUT2D eigenvalue weighted by molar-refractivity contribution is 5.80. The minimum absolute atomic E-state index is 0.0778. The van der Waals surface area contributed by atoms with Crippen molar-refractivity contribution >= 4 is 11.9 Å². The van der Waals surface area contributed by atoms with E-state index in [-0.39, 0.29) is 24.8 Å². The van der Waals surface area contributed by atoms with Gasteiger partial charge in [0.2, 0.25) is 5.91 Å². The van der Waals surface area contributed by atoms with E-state index in [9.17, 15) is 9.59 Å². The van der Waals surface area contributed by atoms with E-state index in [2.05, 4.69) is 24.2 Å². The van der Waals surface area contributed by atoms with Crippen molar-refractivity contribution in [3.8, 4) is 0 Å². The molecule has 0 aromatic heterocycles. The van der Waals surface area contributed by atoms with Crippen molar-refractivity contribution in [2.45, 2.75) is 32.2 Å². The number of piperidine rings is 1. The fourth-order valence-electron chi connectivity index (χ4n) is 2.07. The maximum atomic E-state index is 11.5. The number of carboxylic acid groups (broad SMARTS) is 1. The zero-order valence-electron chi connectivity index (χ0n) is 9.90. The Morgan fingerprint density at radius 2 is 2.12 bits per heavy atom. The average Bonchev–Trinajstić information content (AvgIpc) is 2.19. The highest BCUT2D eigenvalue weighted by atomic mass is 16.4. The van der Waals surface area contributed by atoms with Gasteiger partial charge in [-0.3, -0.25) is 9.59 Å². The van der Waals surface area contributed by atoms with E-state index in [1.54, 1.807) is 0 Å². The zero-order valence-corrected chi connectivity index (χ0v) is 9.90. The summed E-state index contributed by atoms with van der Waals surface area (Å²) >= 11 is 0. The molecule has 5 heteroatoms. The minimum Gasteiger partial charge on any atom is -0.481 e. The van der Waals surface area contributed by atoms with Gasteiger partial charge in [0, 0.05) is 19.0 Å². The number of hydrogen-bond acceptors (Lipinski definition) is 3. The van der Waals surface area contributed by atoms with Crippen molar-refractivity contribution in [3.63, 3.8) is 0 Å². The Hall–Kier alpha value is -1.10. The molecule has 1 aliphatic rings. The van der Waals surface area contributed by atoms with Gasteiger partial charge in [-0.05, 0) is 25.9 Å². The number of likely N-dealkylation sites (tertiary alicyclic amines) is 1. The first-order valence-corrected chi connectivity index (χ1v) is 5.68. The summed E-state index contributed by atoms with van der Waals surface area (Å²) in [4.78, 5) is 24.0. The third-order valence-electron chi connectivity index (χ3n) is 3.02. The lowest BCUT2D eigenvalue weighted by Crippen LogP contribution is -2.48. The van der Waals surface area contributed by atoms with Crippen molar-refractivity contribution in [1.82, 2.24) is 10.2 Å². The fourth-order valence-corrected chi connectivity index (χ4v) is 2.07. The number of carbonyl (C=O) groups is 2. The summed E-state index contributed by atoms with van der Waals surface area (Å²) in [6.07, 6.45) is 0.928. The van der Waals surface area contributed by atoms with Gasteiger partial charge < -0.3 is 15.3 Å². The summed E-state index contributed by atoms with van der Waals surface area (Å²) in [6, 6.07) is 0.192. The van der Waals surface area contributed by atoms with Crippen LogP contribution in [-0.4, -0.2) is 48.1 Å². The molecule has 0 aliphatic carbocycles. The predicted octanol–water partition coefficient (Wildman–Crippen LogP) is 0.308. The summed E-state index contributed by atoms with van der Waals surface area (Å²) in [5.74, 6) is -0.650. The Labute approximate surface area is 95.8 Å². The Bertz CT molecular complexity index is 268. The molecule has 1 rings (SSSR count). The average molecular weight is 228 g/mol. The Kier molecular flexibility index (Phi) is 4.73. The molecule has 0 radical (unpaired) electrons. The summed E-state index contributed by atoms with van der Waals surface area (Å²) in [6.45, 7) is 4.07. The van der Waals surface area contributed by atoms with Gasteiger partial charge in [-0.1, -0.05) is 6.92 Å². The van der Waals surface area contributed by atoms with Crippen LogP contribution in [-0.2, 0) is 9.59 Å². The van der Waals surface area contributed by atoms with Gasteiger partial charge in [0.25, 0.3) is 0 Å². The van der Waals surface area contributed by atoms with E-state index < -0.39 is 5.97 Å². The lowest BCUT2D eigenvalue weighted by Gasteiger charge is -2.35. The number of aliphatic carboxylic acids is 1. The molecule has 5 nitrogen and oxygen atoms in total. The fraction of sp³-hybridized carbons (Fsp3) is 0.818. The topological polar surface area (TPSA) is 69.6 Å². The second-order valence-corrected chi connectivity index (χ2v) is 4.60. The first kappa shape index (κ1) is 13.0. The molecule has 1 saturated heterocycles. The number of nitrogens with one attached hydrogen (secondary N) is 1. The van der Waals surface area contributed by atoms with Crippen LogP contribution in [0.5, 0.6) is 0 Å². The molecule has 0 spiro atoms. The Morgan fingerprint density at radius 1 is 1.44 bits per heavy atom. The molecule has 1 fully saturated rings. The standard InChI is InChI=1S/C11H20N2O3/c1-8-7-13(2)6-5-9(8)12-10(14)3-4-11(15)16/h8-9H,3-7H2,1-2H3,(H,12,14)(H,15,16). The monoisotopic (exact) mass is 228 g/mol. The van der Waals surface area contributed by atoms with Crippen LogP contribution in [0, 0.1) is 5.92 Å². The highest BCUT2D eigenvalue weighted by Gasteiger charge is 2.25. The molecule has 92 valence electrons. The molecule has 16 heavy (non-hydrogen) atoms. The number of nitrogens with zero attached hydrogens (tertiary/aromatic N) is 1. The molecule has 1 aliphatic heterocycles. The largest absolute Gasteiger partial charge is 0.481 e. The van der Waals surface area contributed by atoms with Gasteiger partial charge >= 0.3 is 5.97 Å². The van der Waals surface area contributed by atoms with Crippen molar-refractivity contribution < 1.29 is 14.7 Å². The van der Waals surface area contributed by atoms with Gasteiger partial charge in [0.05, 0.1) is 6.42 Å². The van der Waals surface area contributed by atoms with Crippen LogP contribution in [0.3, 0.4) is 0 Å². The van der Waals surface area contributed by atoms with E-state index in [0.29, 0.717) is 5.92 Å². The number of amides is 1. The van der Waals surface area contributed by atoms with Crippen molar-refractivity contribution in [2.75, 3.05) is 20.1 Å². The quantitative estimate of drug-likeness (QED) is 0.726. The third-order valence-corrected chi connectivity index (χ3v) is 3.02. The SMILES string of the molecule is CC1CN(C)CCC1NC(=O)CCC(=O)O. The maximum absolute atomic E-state index is 11.5. The molecule has 1 amide bonds. The van der Waals surface area contributed by atoms with Crippen LogP contribution in [0.4, 0.5) is 0 Å². The van der Waals surface area contributed by atoms with Crippen LogP contribution in [0.15, 0.2) is 0 Å². The van der Waals surface area contributed by atoms with E-state index in [0.717, 1.165) is 19.5 Å². The highest BCUT2D eigenvalue weighted by Crippen LogP contribution is 2.15. The zero-order chi connectivity index (χ0) is 12.1. The molecule has 0 aromatic rings. The molecule has 1 heterocycles. The lowest BCUT2D eigenvalue weighted by atomic mass is 9.94. The van der Waals surface area contributed by atoms with E-state index in [4.69, 9.17) is 5.11 Å². The van der Waals surface area contributed by atoms with E-state index in [1.807, 2.05) is 0 Å². The first-order valence-electron chi connectivity index (χ1n) is 5.68. The minimum atomic E-state index is -0.924. The Morgan fingerprint density at radius 3 is 2.69 bits per heavy atom. The smallest absolute Gasteiger partial charge is 0.303 e. The lowest BCUT2D eigenvalue weighted by molar-refractivity contribution is -0.139. The van der Waals surface area contributed by atoms with Gasteiger partial charge in [-0.15, -0.1) is 0 Å². The van der Waals surface area contributed by atoms with Crippen LogP contribution in [0.1, 0.15) is 26.2 Å². The molecule has 2 atom stereocenters. The third kappa shape index (κ3) is 4.18. The van der Waals surface area contributed by atoms with Crippen molar-refractivity contribution in [1.29, 1.82) is 0 Å². The van der Waals surface area contributed by atoms with Gasteiger partial charge in [-0.2, -0.15) is 0 Å². The van der Waals surface area contributed by atoms with Crippen LogP contribution >= 0.6 is 0 Å². The number of carboxylic acids is 1. The van der Waals surface area contributed by atoms with Crippen LogP contribution < -0.4 is 5.32 Å². The summed E-state index contributed by atoms with van der Waals surface area (Å²) in [5.41, 5.74) is 0. The molecule has 2 N–H and O–H groups in total. The molecular formula is C11H20N2O3. The van der Waals surface area contributed by atoms with Gasteiger partial charge in [-0.25, -0.2) is 0 Å². The number of carbonyl (C=O) groups excluding carboxylic acids is 1. The molecule has 0 saturated carbocycles. The van der Waals surface area contributed by atoms with Gasteiger partial charge in [0.1, 0.15) is 0 Å². The summed E-state index contributed by atoms with van der Waals surface area (Å²) in [5, 5.41) is 11.4. The summed E-state index contributed by atoms with van der Waals surface area (Å²) < 4.78 is 0. The molecule has 0 bridgehead atoms. The number of rotatable bonds is 4. The van der Waals surface area contributed by atoms with Crippen molar-refractivity contribution in [2.24, 2.45) is 5.92 Å². The van der Waals surface area contributed by atoms with E-state index in [1.165, 1.54) is 0 Å². The normalized spacial score (nSPS) is 26.4. The van der Waals surface area contributed by atoms with Gasteiger partial charge in [0.15, 0.2) is 0 Å². The predicted molar refractivity (Wildman–Crippen MR) is 60.1 cm³/mol. The summed E-state index contributed by atoms with van der Waals surface area (Å²) in [7, 11) is 2.07. The molecular weight excluding hydrogens is 208 g/mol. The van der Waals surface area contributed by atoms with Crippen LogP contribution in [0.25, 0.3) is 0 Å². The van der Waals surface area contributed by atoms with Crippen LogP contribution in [0.2, 0.25) is 0 Å². The second-order valence-electron chi connectivity index (χ2n) is 4.60. The number of hydrogen-bond donors (Lipinski definition) is 2. The maximum Gasteiger partial charge on any atom is 0.303 e. The Balaban J connectivity index is 2.30. The van der Waals surface area contributed by atoms with Crippen molar-refractivity contribution in [3.05, 3.63) is 0 Å². The first-order chi connectivity index (χ1) is 7.49.